The second-order valence-electron chi connectivity index (χ2n) is 10.2. The summed E-state index contributed by atoms with van der Waals surface area (Å²) in [6.45, 7) is 1.40. The molecule has 1 fully saturated rings. The number of piperidine rings is 1. The number of aromatic nitrogens is 1. The van der Waals surface area contributed by atoms with Crippen molar-refractivity contribution in [3.63, 3.8) is 0 Å². The summed E-state index contributed by atoms with van der Waals surface area (Å²) in [5.74, 6) is 1.42. The monoisotopic (exact) mass is 660 g/mol. The molecule has 2 heterocycles. The fraction of sp³-hybridized carbons (Fsp3) is 0.242. The molecule has 0 spiro atoms. The number of halogens is 2. The molecule has 1 amide bonds. The number of ether oxygens (including phenoxy) is 3. The van der Waals surface area contributed by atoms with Crippen molar-refractivity contribution in [2.45, 2.75) is 25.5 Å². The zero-order valence-corrected chi connectivity index (χ0v) is 25.7. The van der Waals surface area contributed by atoms with Gasteiger partial charge in [0.15, 0.2) is 11.5 Å². The number of nitriles is 1. The minimum absolute atomic E-state index is 0.0753. The van der Waals surface area contributed by atoms with Gasteiger partial charge in [0.2, 0.25) is 0 Å². The highest BCUT2D eigenvalue weighted by molar-refractivity contribution is 9.10. The number of pyridine rings is 1. The summed E-state index contributed by atoms with van der Waals surface area (Å²) < 4.78 is 33.3. The first kappa shape index (κ1) is 30.6. The fourth-order valence-electron chi connectivity index (χ4n) is 5.25. The van der Waals surface area contributed by atoms with Gasteiger partial charge in [-0.3, -0.25) is 0 Å². The van der Waals surface area contributed by atoms with Crippen molar-refractivity contribution in [2.24, 2.45) is 0 Å². The van der Waals surface area contributed by atoms with Crippen LogP contribution < -0.4 is 24.4 Å². The van der Waals surface area contributed by atoms with Gasteiger partial charge >= 0.3 is 6.09 Å². The first-order valence-corrected chi connectivity index (χ1v) is 14.7. The summed E-state index contributed by atoms with van der Waals surface area (Å²) in [5.41, 5.74) is 3.08. The van der Waals surface area contributed by atoms with Gasteiger partial charge in [0.25, 0.3) is 0 Å². The molecule has 44 heavy (non-hydrogen) atoms. The zero-order chi connectivity index (χ0) is 31.2. The molecule has 1 aliphatic heterocycles. The molecule has 0 saturated carbocycles. The summed E-state index contributed by atoms with van der Waals surface area (Å²) in [7, 11) is 3.12. The Hall–Kier alpha value is -4.82. The number of hydrogen-bond donors (Lipinski definition) is 2. The van der Waals surface area contributed by atoms with E-state index in [0.29, 0.717) is 82.5 Å². The van der Waals surface area contributed by atoms with Crippen LogP contribution in [0, 0.1) is 17.1 Å². The van der Waals surface area contributed by atoms with Crippen molar-refractivity contribution in [3.8, 4) is 45.7 Å². The summed E-state index contributed by atoms with van der Waals surface area (Å²) in [5, 5.41) is 21.0. The predicted octanol–water partition coefficient (Wildman–Crippen LogP) is 7.02. The zero-order valence-electron chi connectivity index (χ0n) is 24.1. The lowest BCUT2D eigenvalue weighted by molar-refractivity contribution is 0.187. The highest BCUT2D eigenvalue weighted by Gasteiger charge is 2.28. The summed E-state index contributed by atoms with van der Waals surface area (Å²) in [6, 6.07) is 21.3. The van der Waals surface area contributed by atoms with E-state index in [1.165, 1.54) is 12.1 Å². The number of benzene rings is 3. The van der Waals surface area contributed by atoms with Crippen LogP contribution in [-0.4, -0.2) is 49.5 Å². The predicted molar refractivity (Wildman–Crippen MR) is 168 cm³/mol. The minimum atomic E-state index is -1.05. The Morgan fingerprint density at radius 1 is 1.07 bits per heavy atom. The molecule has 3 aromatic carbocycles. The van der Waals surface area contributed by atoms with Gasteiger partial charge in [-0.25, -0.2) is 14.2 Å². The highest BCUT2D eigenvalue weighted by Crippen LogP contribution is 2.48. The lowest BCUT2D eigenvalue weighted by Crippen LogP contribution is -2.44. The molecule has 9 nitrogen and oxygen atoms in total. The highest BCUT2D eigenvalue weighted by atomic mass is 79.9. The molecule has 5 rings (SSSR count). The van der Waals surface area contributed by atoms with E-state index < -0.39 is 11.9 Å². The molecule has 0 aliphatic carbocycles. The van der Waals surface area contributed by atoms with Gasteiger partial charge in [-0.2, -0.15) is 5.26 Å². The van der Waals surface area contributed by atoms with Crippen LogP contribution in [0.25, 0.3) is 22.4 Å². The molecule has 0 unspecified atom stereocenters. The van der Waals surface area contributed by atoms with Crippen LogP contribution in [0.1, 0.15) is 24.0 Å². The Bertz CT molecular complexity index is 1710. The molecule has 2 N–H and O–H groups in total. The van der Waals surface area contributed by atoms with Crippen molar-refractivity contribution in [2.75, 3.05) is 32.2 Å². The van der Waals surface area contributed by atoms with Gasteiger partial charge in [0.05, 0.1) is 31.0 Å². The van der Waals surface area contributed by atoms with E-state index in [9.17, 15) is 14.4 Å². The van der Waals surface area contributed by atoms with Crippen LogP contribution in [0.4, 0.5) is 15.0 Å². The molecular weight excluding hydrogens is 631 g/mol. The number of carboxylic acid groups (broad SMARTS) is 1. The van der Waals surface area contributed by atoms with Gasteiger partial charge in [-0.1, -0.05) is 42.5 Å². The van der Waals surface area contributed by atoms with Crippen LogP contribution >= 0.6 is 15.9 Å². The van der Waals surface area contributed by atoms with E-state index in [2.05, 4.69) is 21.2 Å². The van der Waals surface area contributed by atoms with Crippen molar-refractivity contribution < 1.29 is 28.5 Å². The van der Waals surface area contributed by atoms with Crippen molar-refractivity contribution in [1.29, 1.82) is 5.26 Å². The van der Waals surface area contributed by atoms with E-state index >= 15 is 0 Å². The summed E-state index contributed by atoms with van der Waals surface area (Å²) in [6.07, 6.45) is 0.128. The van der Waals surface area contributed by atoms with Gasteiger partial charge in [0, 0.05) is 24.7 Å². The second-order valence-corrected chi connectivity index (χ2v) is 11.0. The van der Waals surface area contributed by atoms with Crippen molar-refractivity contribution in [1.82, 2.24) is 10.3 Å². The average molecular weight is 662 g/mol. The second kappa shape index (κ2) is 13.7. The fourth-order valence-corrected chi connectivity index (χ4v) is 5.95. The first-order valence-electron chi connectivity index (χ1n) is 13.9. The smallest absolute Gasteiger partial charge is 0.404 e. The van der Waals surface area contributed by atoms with E-state index in [1.807, 2.05) is 53.4 Å². The number of methoxy groups -OCH3 is 2. The lowest BCUT2D eigenvalue weighted by Gasteiger charge is -2.34. The Morgan fingerprint density at radius 2 is 1.80 bits per heavy atom. The SMILES string of the molecule is COc1ccc(-c2c(-c3ccc(C#N)c(F)c3)nc(N3CCC(NC(=O)O)CC3)c(Br)c2OC)cc1OCc1ccccc1. The Labute approximate surface area is 262 Å². The van der Waals surface area contributed by atoms with E-state index in [-0.39, 0.29) is 11.6 Å². The Kier molecular flexibility index (Phi) is 9.50. The maximum atomic E-state index is 15.0. The van der Waals surface area contributed by atoms with Gasteiger partial charge in [-0.05, 0) is 64.2 Å². The summed E-state index contributed by atoms with van der Waals surface area (Å²) in [4.78, 5) is 18.2. The molecule has 226 valence electrons. The third-order valence-corrected chi connectivity index (χ3v) is 8.17. The number of hydrogen-bond acceptors (Lipinski definition) is 7. The number of carbonyl (C=O) groups is 1. The topological polar surface area (TPSA) is 117 Å². The molecule has 0 radical (unpaired) electrons. The third-order valence-electron chi connectivity index (χ3n) is 7.46. The normalized spacial score (nSPS) is 13.2. The first-order chi connectivity index (χ1) is 21.3. The van der Waals surface area contributed by atoms with Gasteiger partial charge in [-0.15, -0.1) is 0 Å². The summed E-state index contributed by atoms with van der Waals surface area (Å²) >= 11 is 3.72. The van der Waals surface area contributed by atoms with Gasteiger partial charge < -0.3 is 29.5 Å². The number of nitrogens with zero attached hydrogens (tertiary/aromatic N) is 3. The van der Waals surface area contributed by atoms with Crippen molar-refractivity contribution >= 4 is 27.8 Å². The van der Waals surface area contributed by atoms with Crippen LogP contribution in [0.5, 0.6) is 17.2 Å². The lowest BCUT2D eigenvalue weighted by atomic mass is 9.96. The largest absolute Gasteiger partial charge is 0.495 e. The quantitative estimate of drug-likeness (QED) is 0.197. The van der Waals surface area contributed by atoms with E-state index in [4.69, 9.17) is 24.3 Å². The molecule has 0 atom stereocenters. The average Bonchev–Trinajstić information content (AvgIpc) is 3.04. The molecule has 4 aromatic rings. The third kappa shape index (κ3) is 6.55. The van der Waals surface area contributed by atoms with Crippen LogP contribution in [0.15, 0.2) is 71.2 Å². The van der Waals surface area contributed by atoms with Crippen LogP contribution in [-0.2, 0) is 6.61 Å². The number of anilines is 1. The van der Waals surface area contributed by atoms with E-state index in [0.717, 1.165) is 5.56 Å². The van der Waals surface area contributed by atoms with Crippen LogP contribution in [0.3, 0.4) is 0 Å². The van der Waals surface area contributed by atoms with Gasteiger partial charge in [0.1, 0.15) is 34.5 Å². The number of nitrogens with one attached hydrogen (secondary N) is 1. The Morgan fingerprint density at radius 3 is 2.43 bits per heavy atom. The maximum Gasteiger partial charge on any atom is 0.404 e. The number of amides is 1. The molecule has 1 saturated heterocycles. The van der Waals surface area contributed by atoms with Crippen molar-refractivity contribution in [3.05, 3.63) is 88.1 Å². The minimum Gasteiger partial charge on any atom is -0.495 e. The molecule has 11 heteroatoms. The standard InChI is InChI=1S/C33H30BrFN4O5/c1-42-26-11-10-21(17-27(26)44-19-20-6-4-3-5-7-20)28-30(22-8-9-23(18-36)25(35)16-22)38-32(29(34)31(28)43-2)39-14-12-24(13-15-39)37-33(40)41/h3-11,16-17,24,37H,12-15,19H2,1-2H3,(H,40,41). The molecule has 1 aliphatic rings. The molecule has 1 aromatic heterocycles. The van der Waals surface area contributed by atoms with Crippen LogP contribution in [0.2, 0.25) is 0 Å². The maximum absolute atomic E-state index is 15.0. The Balaban J connectivity index is 1.63. The number of rotatable bonds is 9. The molecule has 0 bridgehead atoms. The van der Waals surface area contributed by atoms with E-state index in [1.54, 1.807) is 26.4 Å². The molecular formula is C33H30BrFN4O5.